The van der Waals surface area contributed by atoms with E-state index in [1.54, 1.807) is 19.1 Å². The molecule has 0 spiro atoms. The molecule has 0 bridgehead atoms. The Labute approximate surface area is 107 Å². The SMILES string of the molecule is CC(CS(C)(=O)=O)NC(=O)c1ccc(Br)s1. The van der Waals surface area contributed by atoms with Gasteiger partial charge in [0.2, 0.25) is 0 Å². The van der Waals surface area contributed by atoms with Crippen LogP contribution in [0.4, 0.5) is 0 Å². The van der Waals surface area contributed by atoms with Crippen molar-refractivity contribution in [2.24, 2.45) is 0 Å². The zero-order valence-electron chi connectivity index (χ0n) is 8.86. The van der Waals surface area contributed by atoms with Gasteiger partial charge in [-0.3, -0.25) is 4.79 Å². The Morgan fingerprint density at radius 2 is 2.19 bits per heavy atom. The largest absolute Gasteiger partial charge is 0.348 e. The molecule has 16 heavy (non-hydrogen) atoms. The summed E-state index contributed by atoms with van der Waals surface area (Å²) in [5.41, 5.74) is 0. The van der Waals surface area contributed by atoms with Crippen molar-refractivity contribution in [2.45, 2.75) is 13.0 Å². The molecule has 90 valence electrons. The molecule has 0 fully saturated rings. The van der Waals surface area contributed by atoms with Gasteiger partial charge in [0.25, 0.3) is 5.91 Å². The number of halogens is 1. The van der Waals surface area contributed by atoms with Gasteiger partial charge >= 0.3 is 0 Å². The summed E-state index contributed by atoms with van der Waals surface area (Å²) in [6.45, 7) is 1.67. The molecule has 0 aliphatic carbocycles. The van der Waals surface area contributed by atoms with Gasteiger partial charge in [0.1, 0.15) is 9.84 Å². The fourth-order valence-electron chi connectivity index (χ4n) is 1.23. The second-order valence-corrected chi connectivity index (χ2v) is 8.22. The van der Waals surface area contributed by atoms with Gasteiger partial charge in [-0.1, -0.05) is 0 Å². The molecular formula is C9H12BrNO3S2. The Hall–Kier alpha value is -0.400. The molecule has 0 aromatic carbocycles. The second kappa shape index (κ2) is 5.29. The molecule has 1 amide bonds. The van der Waals surface area contributed by atoms with Crippen molar-refractivity contribution in [1.29, 1.82) is 0 Å². The van der Waals surface area contributed by atoms with Crippen LogP contribution in [0.25, 0.3) is 0 Å². The topological polar surface area (TPSA) is 63.2 Å². The first-order chi connectivity index (χ1) is 7.28. The van der Waals surface area contributed by atoms with Gasteiger partial charge in [-0.25, -0.2) is 8.42 Å². The number of sulfone groups is 1. The Balaban J connectivity index is 2.58. The van der Waals surface area contributed by atoms with Gasteiger partial charge in [-0.2, -0.15) is 0 Å². The van der Waals surface area contributed by atoms with Gasteiger partial charge in [-0.05, 0) is 35.0 Å². The summed E-state index contributed by atoms with van der Waals surface area (Å²) in [7, 11) is -3.07. The summed E-state index contributed by atoms with van der Waals surface area (Å²) in [5, 5.41) is 2.64. The lowest BCUT2D eigenvalue weighted by atomic mass is 10.3. The first-order valence-electron chi connectivity index (χ1n) is 4.52. The number of thiophene rings is 1. The lowest BCUT2D eigenvalue weighted by molar-refractivity contribution is 0.0948. The molecule has 4 nitrogen and oxygen atoms in total. The minimum atomic E-state index is -3.07. The lowest BCUT2D eigenvalue weighted by Gasteiger charge is -2.11. The maximum absolute atomic E-state index is 11.6. The van der Waals surface area contributed by atoms with E-state index in [1.807, 2.05) is 0 Å². The fraction of sp³-hybridized carbons (Fsp3) is 0.444. The lowest BCUT2D eigenvalue weighted by Crippen LogP contribution is -2.36. The monoisotopic (exact) mass is 325 g/mol. The van der Waals surface area contributed by atoms with Crippen molar-refractivity contribution in [3.05, 3.63) is 20.8 Å². The highest BCUT2D eigenvalue weighted by molar-refractivity contribution is 9.11. The molecule has 0 aliphatic rings. The van der Waals surface area contributed by atoms with E-state index in [4.69, 9.17) is 0 Å². The molecule has 1 N–H and O–H groups in total. The smallest absolute Gasteiger partial charge is 0.261 e. The molecule has 0 saturated carbocycles. The van der Waals surface area contributed by atoms with Crippen LogP contribution in [0.1, 0.15) is 16.6 Å². The summed E-state index contributed by atoms with van der Waals surface area (Å²) in [6.07, 6.45) is 1.15. The van der Waals surface area contributed by atoms with E-state index in [2.05, 4.69) is 21.2 Å². The van der Waals surface area contributed by atoms with Gasteiger partial charge in [0, 0.05) is 12.3 Å². The van der Waals surface area contributed by atoms with Crippen LogP contribution in [0.5, 0.6) is 0 Å². The van der Waals surface area contributed by atoms with Crippen molar-refractivity contribution in [1.82, 2.24) is 5.32 Å². The van der Waals surface area contributed by atoms with E-state index in [9.17, 15) is 13.2 Å². The predicted octanol–water partition coefficient (Wildman–Crippen LogP) is 1.67. The van der Waals surface area contributed by atoms with E-state index < -0.39 is 9.84 Å². The summed E-state index contributed by atoms with van der Waals surface area (Å²) in [6, 6.07) is 3.08. The molecule has 1 atom stereocenters. The number of carbonyl (C=O) groups excluding carboxylic acids is 1. The zero-order valence-corrected chi connectivity index (χ0v) is 12.1. The van der Waals surface area contributed by atoms with Crippen LogP contribution in [-0.2, 0) is 9.84 Å². The quantitative estimate of drug-likeness (QED) is 0.915. The van der Waals surface area contributed by atoms with Gasteiger partial charge in [0.15, 0.2) is 0 Å². The van der Waals surface area contributed by atoms with E-state index in [0.717, 1.165) is 10.0 Å². The van der Waals surface area contributed by atoms with E-state index in [1.165, 1.54) is 11.3 Å². The molecule has 0 radical (unpaired) electrons. The number of hydrogen-bond donors (Lipinski definition) is 1. The summed E-state index contributed by atoms with van der Waals surface area (Å²) in [4.78, 5) is 12.2. The highest BCUT2D eigenvalue weighted by Gasteiger charge is 2.15. The molecule has 1 aromatic heterocycles. The Morgan fingerprint density at radius 1 is 1.56 bits per heavy atom. The van der Waals surface area contributed by atoms with Crippen molar-refractivity contribution >= 4 is 43.0 Å². The maximum atomic E-state index is 11.6. The zero-order chi connectivity index (χ0) is 12.3. The molecular weight excluding hydrogens is 314 g/mol. The van der Waals surface area contributed by atoms with Crippen LogP contribution in [-0.4, -0.2) is 32.4 Å². The second-order valence-electron chi connectivity index (χ2n) is 3.57. The van der Waals surface area contributed by atoms with Crippen molar-refractivity contribution in [3.63, 3.8) is 0 Å². The van der Waals surface area contributed by atoms with Gasteiger partial charge < -0.3 is 5.32 Å². The third kappa shape index (κ3) is 4.63. The van der Waals surface area contributed by atoms with Crippen molar-refractivity contribution in [2.75, 3.05) is 12.0 Å². The average Bonchev–Trinajstić information content (AvgIpc) is 2.47. The Morgan fingerprint density at radius 3 is 2.62 bits per heavy atom. The first-order valence-corrected chi connectivity index (χ1v) is 8.19. The molecule has 0 saturated heterocycles. The number of hydrogen-bond acceptors (Lipinski definition) is 4. The van der Waals surface area contributed by atoms with Crippen LogP contribution in [0.2, 0.25) is 0 Å². The standard InChI is InChI=1S/C9H12BrNO3S2/c1-6(5-16(2,13)14)11-9(12)7-3-4-8(10)15-7/h3-4,6H,5H2,1-2H3,(H,11,12). The van der Waals surface area contributed by atoms with E-state index in [-0.39, 0.29) is 17.7 Å². The maximum Gasteiger partial charge on any atom is 0.261 e. The Bertz CT molecular complexity index is 481. The number of carbonyl (C=O) groups is 1. The van der Waals surface area contributed by atoms with Gasteiger partial charge in [0.05, 0.1) is 14.4 Å². The highest BCUT2D eigenvalue weighted by atomic mass is 79.9. The summed E-state index contributed by atoms with van der Waals surface area (Å²) in [5.74, 6) is -0.294. The average molecular weight is 326 g/mol. The van der Waals surface area contributed by atoms with Crippen LogP contribution in [0.3, 0.4) is 0 Å². The number of nitrogens with one attached hydrogen (secondary N) is 1. The first kappa shape index (κ1) is 13.7. The highest BCUT2D eigenvalue weighted by Crippen LogP contribution is 2.21. The third-order valence-electron chi connectivity index (χ3n) is 1.73. The van der Waals surface area contributed by atoms with Crippen LogP contribution in [0, 0.1) is 0 Å². The van der Waals surface area contributed by atoms with Gasteiger partial charge in [-0.15, -0.1) is 11.3 Å². The van der Waals surface area contributed by atoms with Crippen LogP contribution >= 0.6 is 27.3 Å². The summed E-state index contributed by atoms with van der Waals surface area (Å²) < 4.78 is 22.9. The number of rotatable bonds is 4. The normalized spacial score (nSPS) is 13.4. The minimum absolute atomic E-state index is 0.0503. The molecule has 1 rings (SSSR count). The summed E-state index contributed by atoms with van der Waals surface area (Å²) >= 11 is 4.57. The van der Waals surface area contributed by atoms with Crippen molar-refractivity contribution < 1.29 is 13.2 Å². The van der Waals surface area contributed by atoms with Crippen molar-refractivity contribution in [3.8, 4) is 0 Å². The third-order valence-corrected chi connectivity index (χ3v) is 4.46. The minimum Gasteiger partial charge on any atom is -0.348 e. The van der Waals surface area contributed by atoms with Crippen LogP contribution in [0.15, 0.2) is 15.9 Å². The predicted molar refractivity (Wildman–Crippen MR) is 68.7 cm³/mol. The fourth-order valence-corrected chi connectivity index (χ4v) is 3.51. The molecule has 0 aliphatic heterocycles. The molecule has 1 aromatic rings. The number of amides is 1. The van der Waals surface area contributed by atoms with Crippen LogP contribution < -0.4 is 5.32 Å². The molecule has 1 heterocycles. The van der Waals surface area contributed by atoms with E-state index >= 15 is 0 Å². The Kier molecular flexibility index (Phi) is 4.52. The van der Waals surface area contributed by atoms with E-state index in [0.29, 0.717) is 4.88 Å². The molecule has 7 heteroatoms. The molecule has 1 unspecified atom stereocenters.